The smallest absolute Gasteiger partial charge is 0.193 e. The van der Waals surface area contributed by atoms with Gasteiger partial charge in [-0.1, -0.05) is 24.3 Å². The molecule has 1 N–H and O–H groups in total. The molecule has 4 rings (SSSR count). The second-order valence-corrected chi connectivity index (χ2v) is 8.18. The lowest BCUT2D eigenvalue weighted by Crippen LogP contribution is -2.41. The van der Waals surface area contributed by atoms with Crippen molar-refractivity contribution < 1.29 is 4.74 Å². The Kier molecular flexibility index (Phi) is 7.39. The van der Waals surface area contributed by atoms with Crippen LogP contribution in [-0.2, 0) is 17.8 Å². The number of hydrogen-bond donors (Lipinski definition) is 1. The van der Waals surface area contributed by atoms with Crippen LogP contribution in [0.3, 0.4) is 0 Å². The average molecular weight is 484 g/mol. The van der Waals surface area contributed by atoms with Crippen molar-refractivity contribution in [1.82, 2.24) is 15.1 Å². The molecule has 3 aliphatic heterocycles. The Bertz CT molecular complexity index is 639. The van der Waals surface area contributed by atoms with E-state index in [9.17, 15) is 0 Å². The van der Waals surface area contributed by atoms with Crippen molar-refractivity contribution in [2.45, 2.75) is 38.8 Å². The zero-order valence-corrected chi connectivity index (χ0v) is 18.8. The van der Waals surface area contributed by atoms with Crippen LogP contribution in [0.1, 0.15) is 36.8 Å². The van der Waals surface area contributed by atoms with Crippen LogP contribution in [0.5, 0.6) is 0 Å². The molecule has 0 amide bonds. The molecule has 3 saturated heterocycles. The molecule has 0 bridgehead atoms. The van der Waals surface area contributed by atoms with Crippen molar-refractivity contribution in [3.8, 4) is 0 Å². The van der Waals surface area contributed by atoms with Crippen molar-refractivity contribution in [3.63, 3.8) is 0 Å². The molecule has 3 aliphatic rings. The molecule has 27 heavy (non-hydrogen) atoms. The highest BCUT2D eigenvalue weighted by atomic mass is 127. The monoisotopic (exact) mass is 484 g/mol. The maximum atomic E-state index is 5.65. The number of nitrogens with zero attached hydrogens (tertiary/aromatic N) is 3. The number of nitrogens with one attached hydrogen (secondary N) is 1. The van der Waals surface area contributed by atoms with Crippen LogP contribution in [0, 0.1) is 5.41 Å². The van der Waals surface area contributed by atoms with Gasteiger partial charge in [-0.15, -0.1) is 24.0 Å². The van der Waals surface area contributed by atoms with Gasteiger partial charge in [0.25, 0.3) is 0 Å². The second-order valence-electron chi connectivity index (χ2n) is 8.18. The largest absolute Gasteiger partial charge is 0.381 e. The quantitative estimate of drug-likeness (QED) is 0.405. The summed E-state index contributed by atoms with van der Waals surface area (Å²) in [5.74, 6) is 1.03. The fraction of sp³-hybridized carbons (Fsp3) is 0.667. The summed E-state index contributed by atoms with van der Waals surface area (Å²) < 4.78 is 5.65. The highest BCUT2D eigenvalue weighted by Crippen LogP contribution is 2.38. The second kappa shape index (κ2) is 9.56. The van der Waals surface area contributed by atoms with E-state index in [1.165, 1.54) is 49.9 Å². The molecule has 1 atom stereocenters. The normalized spacial score (nSPS) is 26.0. The van der Waals surface area contributed by atoms with Crippen LogP contribution in [0.25, 0.3) is 0 Å². The third kappa shape index (κ3) is 5.15. The SMILES string of the molecule is CN=C(NCc1cccc(CN2CCCC2)c1)N1CCC2(CCOC2)C1.I. The molecule has 0 aliphatic carbocycles. The first-order valence-electron chi connectivity index (χ1n) is 10.1. The van der Waals surface area contributed by atoms with E-state index in [4.69, 9.17) is 4.74 Å². The van der Waals surface area contributed by atoms with Crippen molar-refractivity contribution in [2.75, 3.05) is 46.4 Å². The van der Waals surface area contributed by atoms with Crippen LogP contribution >= 0.6 is 24.0 Å². The minimum Gasteiger partial charge on any atom is -0.381 e. The number of ether oxygens (including phenoxy) is 1. The fourth-order valence-corrected chi connectivity index (χ4v) is 4.64. The van der Waals surface area contributed by atoms with Crippen LogP contribution < -0.4 is 5.32 Å². The number of likely N-dealkylation sites (tertiary alicyclic amines) is 2. The molecule has 1 aromatic carbocycles. The first-order valence-corrected chi connectivity index (χ1v) is 10.1. The lowest BCUT2D eigenvalue weighted by atomic mass is 9.87. The van der Waals surface area contributed by atoms with Gasteiger partial charge < -0.3 is 15.0 Å². The number of hydrogen-bond acceptors (Lipinski definition) is 3. The molecule has 150 valence electrons. The topological polar surface area (TPSA) is 40.1 Å². The van der Waals surface area contributed by atoms with Crippen LogP contribution in [-0.4, -0.2) is 62.2 Å². The Morgan fingerprint density at radius 3 is 2.74 bits per heavy atom. The maximum absolute atomic E-state index is 5.65. The first kappa shape index (κ1) is 20.9. The molecule has 3 heterocycles. The van der Waals surface area contributed by atoms with E-state index >= 15 is 0 Å². The molecule has 1 aromatic rings. The Labute approximate surface area is 180 Å². The van der Waals surface area contributed by atoms with Gasteiger partial charge in [0.15, 0.2) is 5.96 Å². The molecule has 0 radical (unpaired) electrons. The third-order valence-electron chi connectivity index (χ3n) is 6.18. The van der Waals surface area contributed by atoms with Crippen LogP contribution in [0.2, 0.25) is 0 Å². The zero-order chi connectivity index (χ0) is 17.8. The number of rotatable bonds is 4. The van der Waals surface area contributed by atoms with Gasteiger partial charge >= 0.3 is 0 Å². The summed E-state index contributed by atoms with van der Waals surface area (Å²) in [6.45, 7) is 8.39. The highest BCUT2D eigenvalue weighted by Gasteiger charge is 2.42. The molecule has 1 unspecified atom stereocenters. The van der Waals surface area contributed by atoms with Gasteiger partial charge in [-0.05, 0) is 49.9 Å². The van der Waals surface area contributed by atoms with Gasteiger partial charge in [0, 0.05) is 45.2 Å². The van der Waals surface area contributed by atoms with Gasteiger partial charge in [0.1, 0.15) is 0 Å². The van der Waals surface area contributed by atoms with E-state index in [0.717, 1.165) is 45.4 Å². The maximum Gasteiger partial charge on any atom is 0.193 e. The van der Waals surface area contributed by atoms with E-state index in [1.54, 1.807) is 0 Å². The summed E-state index contributed by atoms with van der Waals surface area (Å²) in [6.07, 6.45) is 5.11. The lowest BCUT2D eigenvalue weighted by molar-refractivity contribution is 0.156. The van der Waals surface area contributed by atoms with Crippen molar-refractivity contribution in [2.24, 2.45) is 10.4 Å². The van der Waals surface area contributed by atoms with Crippen LogP contribution in [0.15, 0.2) is 29.3 Å². The number of halogens is 1. The van der Waals surface area contributed by atoms with Gasteiger partial charge in [-0.2, -0.15) is 0 Å². The standard InChI is InChI=1S/C21H32N4O.HI/c1-22-20(25-11-7-21(16-25)8-12-26-17-21)23-14-18-5-4-6-19(13-18)15-24-9-2-3-10-24;/h4-6,13H,2-3,7-12,14-17H2,1H3,(H,22,23);1H. The Morgan fingerprint density at radius 1 is 1.19 bits per heavy atom. The van der Waals surface area contributed by atoms with Crippen molar-refractivity contribution in [1.29, 1.82) is 0 Å². The molecule has 6 heteroatoms. The Balaban J connectivity index is 0.00000210. The van der Waals surface area contributed by atoms with Crippen LogP contribution in [0.4, 0.5) is 0 Å². The van der Waals surface area contributed by atoms with Gasteiger partial charge in [-0.3, -0.25) is 9.89 Å². The van der Waals surface area contributed by atoms with E-state index in [2.05, 4.69) is 44.4 Å². The molecule has 1 spiro atoms. The van der Waals surface area contributed by atoms with E-state index in [0.29, 0.717) is 5.41 Å². The summed E-state index contributed by atoms with van der Waals surface area (Å²) >= 11 is 0. The number of aliphatic imine (C=N–C) groups is 1. The Morgan fingerprint density at radius 2 is 2.00 bits per heavy atom. The molecule has 0 aromatic heterocycles. The van der Waals surface area contributed by atoms with E-state index in [1.807, 2.05) is 7.05 Å². The fourth-order valence-electron chi connectivity index (χ4n) is 4.64. The van der Waals surface area contributed by atoms with E-state index in [-0.39, 0.29) is 24.0 Å². The minimum absolute atomic E-state index is 0. The predicted octanol–water partition coefficient (Wildman–Crippen LogP) is 3.09. The summed E-state index contributed by atoms with van der Waals surface area (Å²) in [6, 6.07) is 8.99. The average Bonchev–Trinajstić information content (AvgIpc) is 3.40. The van der Waals surface area contributed by atoms with Crippen molar-refractivity contribution >= 4 is 29.9 Å². The first-order chi connectivity index (χ1) is 12.8. The molecule has 5 nitrogen and oxygen atoms in total. The Hall–Kier alpha value is -0.860. The molecular formula is C21H33IN4O. The van der Waals surface area contributed by atoms with Gasteiger partial charge in [0.05, 0.1) is 6.61 Å². The van der Waals surface area contributed by atoms with Gasteiger partial charge in [-0.25, -0.2) is 0 Å². The molecule has 0 saturated carbocycles. The lowest BCUT2D eigenvalue weighted by Gasteiger charge is -2.25. The molecular weight excluding hydrogens is 451 g/mol. The van der Waals surface area contributed by atoms with Crippen molar-refractivity contribution in [3.05, 3.63) is 35.4 Å². The highest BCUT2D eigenvalue weighted by molar-refractivity contribution is 14.0. The molecule has 3 fully saturated rings. The summed E-state index contributed by atoms with van der Waals surface area (Å²) in [4.78, 5) is 9.49. The summed E-state index contributed by atoms with van der Waals surface area (Å²) in [5, 5.41) is 3.58. The zero-order valence-electron chi connectivity index (χ0n) is 16.5. The third-order valence-corrected chi connectivity index (χ3v) is 6.18. The van der Waals surface area contributed by atoms with E-state index < -0.39 is 0 Å². The summed E-state index contributed by atoms with van der Waals surface area (Å²) in [7, 11) is 1.89. The predicted molar refractivity (Wildman–Crippen MR) is 121 cm³/mol. The minimum atomic E-state index is 0. The number of benzene rings is 1. The van der Waals surface area contributed by atoms with Gasteiger partial charge in [0.2, 0.25) is 0 Å². The number of guanidine groups is 1. The summed E-state index contributed by atoms with van der Waals surface area (Å²) in [5.41, 5.74) is 3.12.